The summed E-state index contributed by atoms with van der Waals surface area (Å²) in [4.78, 5) is 0.253. The fourth-order valence-electron chi connectivity index (χ4n) is 2.42. The molecular formula is C15H25NO3S. The normalized spacial score (nSPS) is 13.8. The number of hydrogen-bond acceptors (Lipinski definition) is 3. The predicted molar refractivity (Wildman–Crippen MR) is 81.1 cm³/mol. The fourth-order valence-corrected chi connectivity index (χ4v) is 3.95. The summed E-state index contributed by atoms with van der Waals surface area (Å²) in [7, 11) is -3.55. The highest BCUT2D eigenvalue weighted by atomic mass is 32.2. The van der Waals surface area contributed by atoms with Crippen LogP contribution in [0.2, 0.25) is 0 Å². The molecule has 0 saturated heterocycles. The molecule has 0 aromatic heterocycles. The molecule has 1 aromatic rings. The van der Waals surface area contributed by atoms with Crippen LogP contribution >= 0.6 is 0 Å². The molecule has 0 saturated carbocycles. The van der Waals surface area contributed by atoms with Crippen LogP contribution in [-0.2, 0) is 16.6 Å². The number of nitrogens with one attached hydrogen (secondary N) is 1. The molecule has 0 aliphatic carbocycles. The van der Waals surface area contributed by atoms with E-state index in [9.17, 15) is 13.5 Å². The van der Waals surface area contributed by atoms with E-state index in [4.69, 9.17) is 0 Å². The average molecular weight is 299 g/mol. The van der Waals surface area contributed by atoms with Crippen molar-refractivity contribution in [2.24, 2.45) is 5.92 Å². The number of sulfonamides is 1. The highest BCUT2D eigenvalue weighted by Crippen LogP contribution is 2.21. The van der Waals surface area contributed by atoms with Gasteiger partial charge in [0, 0.05) is 6.04 Å². The summed E-state index contributed by atoms with van der Waals surface area (Å²) < 4.78 is 27.6. The van der Waals surface area contributed by atoms with Gasteiger partial charge in [0.15, 0.2) is 0 Å². The lowest BCUT2D eigenvalue weighted by Crippen LogP contribution is -2.34. The Kier molecular flexibility index (Phi) is 5.74. The standard InChI is InChI=1S/C15H25NO3S/c1-10(2)6-13(5)16-20(18,19)15-8-14(9-17)11(3)7-12(15)4/h7-8,10,13,16-17H,6,9H2,1-5H3. The van der Waals surface area contributed by atoms with Crippen LogP contribution in [0.1, 0.15) is 43.9 Å². The van der Waals surface area contributed by atoms with E-state index in [1.165, 1.54) is 0 Å². The maximum Gasteiger partial charge on any atom is 0.241 e. The van der Waals surface area contributed by atoms with Crippen molar-refractivity contribution in [3.63, 3.8) is 0 Å². The molecule has 4 nitrogen and oxygen atoms in total. The van der Waals surface area contributed by atoms with E-state index in [-0.39, 0.29) is 17.5 Å². The minimum atomic E-state index is -3.55. The highest BCUT2D eigenvalue weighted by molar-refractivity contribution is 7.89. The monoisotopic (exact) mass is 299 g/mol. The van der Waals surface area contributed by atoms with Gasteiger partial charge in [0.05, 0.1) is 11.5 Å². The third-order valence-electron chi connectivity index (χ3n) is 3.27. The number of aliphatic hydroxyl groups excluding tert-OH is 1. The Morgan fingerprint density at radius 2 is 1.75 bits per heavy atom. The Labute approximate surface area is 122 Å². The fraction of sp³-hybridized carbons (Fsp3) is 0.600. The van der Waals surface area contributed by atoms with Crippen LogP contribution in [0.3, 0.4) is 0 Å². The van der Waals surface area contributed by atoms with Crippen molar-refractivity contribution in [3.05, 3.63) is 28.8 Å². The second-order valence-corrected chi connectivity index (χ2v) is 7.54. The first-order valence-electron chi connectivity index (χ1n) is 6.90. The van der Waals surface area contributed by atoms with E-state index in [0.717, 1.165) is 12.0 Å². The van der Waals surface area contributed by atoms with Gasteiger partial charge in [-0.1, -0.05) is 19.9 Å². The molecule has 2 N–H and O–H groups in total. The lowest BCUT2D eigenvalue weighted by Gasteiger charge is -2.18. The van der Waals surface area contributed by atoms with Gasteiger partial charge in [-0.2, -0.15) is 0 Å². The van der Waals surface area contributed by atoms with Crippen LogP contribution in [0, 0.1) is 19.8 Å². The zero-order valence-corrected chi connectivity index (χ0v) is 13.7. The minimum absolute atomic E-state index is 0.113. The quantitative estimate of drug-likeness (QED) is 0.848. The summed E-state index contributed by atoms with van der Waals surface area (Å²) in [6, 6.07) is 3.25. The van der Waals surface area contributed by atoms with E-state index in [0.29, 0.717) is 17.0 Å². The molecule has 0 fully saturated rings. The Morgan fingerprint density at radius 1 is 1.15 bits per heavy atom. The SMILES string of the molecule is Cc1cc(C)c(S(=O)(=O)NC(C)CC(C)C)cc1CO. The van der Waals surface area contributed by atoms with Crippen molar-refractivity contribution in [1.82, 2.24) is 4.72 Å². The van der Waals surface area contributed by atoms with Gasteiger partial charge in [0.25, 0.3) is 0 Å². The number of aliphatic hydroxyl groups is 1. The number of benzene rings is 1. The van der Waals surface area contributed by atoms with Gasteiger partial charge in [-0.3, -0.25) is 0 Å². The van der Waals surface area contributed by atoms with Crippen LogP contribution < -0.4 is 4.72 Å². The smallest absolute Gasteiger partial charge is 0.241 e. The van der Waals surface area contributed by atoms with Gasteiger partial charge >= 0.3 is 0 Å². The van der Waals surface area contributed by atoms with Crippen molar-refractivity contribution < 1.29 is 13.5 Å². The van der Waals surface area contributed by atoms with E-state index in [1.807, 2.05) is 13.8 Å². The second-order valence-electron chi connectivity index (χ2n) is 5.85. The molecule has 1 unspecified atom stereocenters. The molecule has 0 heterocycles. The first-order chi connectivity index (χ1) is 9.17. The predicted octanol–water partition coefficient (Wildman–Crippen LogP) is 2.51. The zero-order valence-electron chi connectivity index (χ0n) is 12.9. The first kappa shape index (κ1) is 17.1. The van der Waals surface area contributed by atoms with Gasteiger partial charge in [-0.15, -0.1) is 0 Å². The molecule has 0 aliphatic rings. The molecule has 5 heteroatoms. The molecule has 114 valence electrons. The molecule has 0 aliphatic heterocycles. The molecule has 1 atom stereocenters. The van der Waals surface area contributed by atoms with Gasteiger partial charge < -0.3 is 5.11 Å². The van der Waals surface area contributed by atoms with Gasteiger partial charge in [-0.05, 0) is 55.9 Å². The molecule has 0 bridgehead atoms. The van der Waals surface area contributed by atoms with Crippen molar-refractivity contribution in [3.8, 4) is 0 Å². The van der Waals surface area contributed by atoms with Gasteiger partial charge in [0.1, 0.15) is 0 Å². The van der Waals surface area contributed by atoms with Crippen molar-refractivity contribution in [2.45, 2.75) is 58.6 Å². The molecule has 0 amide bonds. The van der Waals surface area contributed by atoms with E-state index < -0.39 is 10.0 Å². The van der Waals surface area contributed by atoms with Gasteiger partial charge in [-0.25, -0.2) is 13.1 Å². The first-order valence-corrected chi connectivity index (χ1v) is 8.39. The molecule has 0 radical (unpaired) electrons. The zero-order chi connectivity index (χ0) is 15.5. The van der Waals surface area contributed by atoms with Gasteiger partial charge in [0.2, 0.25) is 10.0 Å². The van der Waals surface area contributed by atoms with Crippen LogP contribution in [0.15, 0.2) is 17.0 Å². The van der Waals surface area contributed by atoms with Crippen molar-refractivity contribution in [2.75, 3.05) is 0 Å². The minimum Gasteiger partial charge on any atom is -0.392 e. The highest BCUT2D eigenvalue weighted by Gasteiger charge is 2.21. The number of rotatable bonds is 6. The largest absolute Gasteiger partial charge is 0.392 e. The lowest BCUT2D eigenvalue weighted by atomic mass is 10.1. The Hall–Kier alpha value is -0.910. The second kappa shape index (κ2) is 6.70. The van der Waals surface area contributed by atoms with E-state index in [1.54, 1.807) is 19.1 Å². The summed E-state index contributed by atoms with van der Waals surface area (Å²) in [5.41, 5.74) is 2.25. The van der Waals surface area contributed by atoms with Crippen molar-refractivity contribution >= 4 is 10.0 Å². The molecular weight excluding hydrogens is 274 g/mol. The average Bonchev–Trinajstić information content (AvgIpc) is 2.26. The van der Waals surface area contributed by atoms with E-state index >= 15 is 0 Å². The maximum absolute atomic E-state index is 12.4. The van der Waals surface area contributed by atoms with Crippen LogP contribution in [0.25, 0.3) is 0 Å². The van der Waals surface area contributed by atoms with E-state index in [2.05, 4.69) is 18.6 Å². The molecule has 0 spiro atoms. The summed E-state index contributed by atoms with van der Waals surface area (Å²) in [5.74, 6) is 0.430. The lowest BCUT2D eigenvalue weighted by molar-refractivity contribution is 0.280. The molecule has 1 rings (SSSR count). The Bertz CT molecular complexity index is 565. The summed E-state index contributed by atoms with van der Waals surface area (Å²) >= 11 is 0. The molecule has 1 aromatic carbocycles. The van der Waals surface area contributed by atoms with Crippen LogP contribution in [-0.4, -0.2) is 19.6 Å². The Balaban J connectivity index is 3.09. The summed E-state index contributed by atoms with van der Waals surface area (Å²) in [6.07, 6.45) is 0.789. The van der Waals surface area contributed by atoms with Crippen molar-refractivity contribution in [1.29, 1.82) is 0 Å². The number of aryl methyl sites for hydroxylation is 2. The molecule has 20 heavy (non-hydrogen) atoms. The summed E-state index contributed by atoms with van der Waals surface area (Å²) in [6.45, 7) is 9.47. The number of hydrogen-bond donors (Lipinski definition) is 2. The third-order valence-corrected chi connectivity index (χ3v) is 5.01. The van der Waals surface area contributed by atoms with Crippen LogP contribution in [0.4, 0.5) is 0 Å². The Morgan fingerprint density at radius 3 is 2.25 bits per heavy atom. The summed E-state index contributed by atoms with van der Waals surface area (Å²) in [5, 5.41) is 9.29. The third kappa shape index (κ3) is 4.30. The maximum atomic E-state index is 12.4. The van der Waals surface area contributed by atoms with Crippen LogP contribution in [0.5, 0.6) is 0 Å². The topological polar surface area (TPSA) is 66.4 Å².